The van der Waals surface area contributed by atoms with Crippen LogP contribution in [-0.2, 0) is 39.2 Å². The molecular formula is C50H72O7Si2. The maximum Gasteiger partial charge on any atom is 0.311 e. The molecule has 0 spiro atoms. The van der Waals surface area contributed by atoms with E-state index in [2.05, 4.69) is 140 Å². The van der Waals surface area contributed by atoms with Crippen LogP contribution in [0.5, 0.6) is 0 Å². The fourth-order valence-electron chi connectivity index (χ4n) is 10.5. The van der Waals surface area contributed by atoms with Gasteiger partial charge in [-0.15, -0.1) is 0 Å². The molecule has 4 bridgehead atoms. The Bertz CT molecular complexity index is 1770. The van der Waals surface area contributed by atoms with Gasteiger partial charge in [0.05, 0.1) is 17.6 Å². The van der Waals surface area contributed by atoms with E-state index in [4.69, 9.17) is 27.8 Å². The van der Waals surface area contributed by atoms with Crippen LogP contribution in [0, 0.1) is 23.2 Å². The summed E-state index contributed by atoms with van der Waals surface area (Å²) in [5, 5.41) is 1.85. The average molecular weight is 841 g/mol. The molecule has 1 aliphatic heterocycles. The van der Waals surface area contributed by atoms with Gasteiger partial charge in [0.1, 0.15) is 31.0 Å². The lowest BCUT2D eigenvalue weighted by Gasteiger charge is -2.59. The van der Waals surface area contributed by atoms with Gasteiger partial charge in [-0.3, -0.25) is 4.79 Å². The first-order chi connectivity index (χ1) is 27.7. The molecule has 59 heavy (non-hydrogen) atoms. The van der Waals surface area contributed by atoms with Crippen molar-refractivity contribution < 1.29 is 32.6 Å². The summed E-state index contributed by atoms with van der Waals surface area (Å²) < 4.78 is 44.3. The highest BCUT2D eigenvalue weighted by Crippen LogP contribution is 2.58. The zero-order valence-electron chi connectivity index (χ0n) is 37.8. The fourth-order valence-corrected chi connectivity index (χ4v) is 16.5. The van der Waals surface area contributed by atoms with E-state index in [-0.39, 0.29) is 28.3 Å². The number of rotatable bonds is 13. The van der Waals surface area contributed by atoms with Crippen molar-refractivity contribution in [3.05, 3.63) is 96.6 Å². The van der Waals surface area contributed by atoms with Gasteiger partial charge in [0.25, 0.3) is 8.32 Å². The second-order valence-electron chi connectivity index (χ2n) is 22.0. The third-order valence-corrected chi connectivity index (χ3v) is 23.7. The molecule has 9 heteroatoms. The van der Waals surface area contributed by atoms with Crippen LogP contribution in [0.15, 0.2) is 91.0 Å². The second kappa shape index (κ2) is 16.9. The van der Waals surface area contributed by atoms with E-state index in [1.165, 1.54) is 19.3 Å². The van der Waals surface area contributed by atoms with Gasteiger partial charge in [-0.05, 0) is 116 Å². The zero-order chi connectivity index (χ0) is 42.4. The molecule has 5 atom stereocenters. The highest BCUT2D eigenvalue weighted by atomic mass is 28.4. The Labute approximate surface area is 357 Å². The zero-order valence-corrected chi connectivity index (χ0v) is 39.8. The number of benzene rings is 3. The number of hydrogen-bond acceptors (Lipinski definition) is 7. The molecule has 3 aromatic carbocycles. The maximum atomic E-state index is 13.7. The molecule has 1 saturated heterocycles. The molecule has 0 unspecified atom stereocenters. The van der Waals surface area contributed by atoms with Crippen molar-refractivity contribution >= 4 is 33.0 Å². The van der Waals surface area contributed by atoms with E-state index in [0.29, 0.717) is 24.4 Å². The van der Waals surface area contributed by atoms with Gasteiger partial charge in [-0.1, -0.05) is 133 Å². The van der Waals surface area contributed by atoms with Crippen molar-refractivity contribution in [2.45, 2.75) is 167 Å². The summed E-state index contributed by atoms with van der Waals surface area (Å²) in [5.74, 6) is 1.76. The third-order valence-electron chi connectivity index (χ3n) is 14.2. The van der Waals surface area contributed by atoms with Crippen molar-refractivity contribution in [1.29, 1.82) is 0 Å². The van der Waals surface area contributed by atoms with Crippen LogP contribution >= 0.6 is 0 Å². The molecule has 0 radical (unpaired) electrons. The standard InChI is InChI=1S/C50H72O7Si2/c1-47(2,3)46(51)53-34-41-42(57-59(49(7,8)9,39-23-17-13-18-24-39)40-25-19-14-20-26-40)43(56-58(10,11)48(4,5)6)44(52-33-35-21-15-12-16-22-35)45(54-41)55-50-30-36-27-37(31-50)29-38(28-36)32-50/h12-26,36-38,41-45H,27-34H2,1-11H3/t36?,37?,38?,41-,42-,43+,44+,45-,50?/m1/s1. The van der Waals surface area contributed by atoms with Crippen molar-refractivity contribution in [2.75, 3.05) is 6.61 Å². The normalized spacial score (nSPS) is 30.0. The molecule has 5 fully saturated rings. The Kier molecular flexibility index (Phi) is 12.7. The van der Waals surface area contributed by atoms with Crippen molar-refractivity contribution in [3.8, 4) is 0 Å². The van der Waals surface area contributed by atoms with E-state index in [1.807, 2.05) is 26.8 Å². The Morgan fingerprint density at radius 3 is 1.61 bits per heavy atom. The van der Waals surface area contributed by atoms with Crippen molar-refractivity contribution in [1.82, 2.24) is 0 Å². The molecule has 0 amide bonds. The van der Waals surface area contributed by atoms with Crippen molar-refractivity contribution in [2.24, 2.45) is 23.2 Å². The SMILES string of the molecule is CC(C)(C)C(=O)OC[C@H]1O[C@H](OC23CC4CC(CC(C4)C2)C3)[C@@H](OCc2ccccc2)[C@@H](O[Si](C)(C)C(C)(C)C)[C@@H]1O[Si](c1ccccc1)(c1ccccc1)C(C)(C)C. The van der Waals surface area contributed by atoms with Crippen LogP contribution in [0.2, 0.25) is 23.2 Å². The van der Waals surface area contributed by atoms with Gasteiger partial charge in [0, 0.05) is 0 Å². The summed E-state index contributed by atoms with van der Waals surface area (Å²) in [4.78, 5) is 13.7. The van der Waals surface area contributed by atoms with Gasteiger partial charge in [-0.25, -0.2) is 0 Å². The van der Waals surface area contributed by atoms with Crippen LogP contribution in [0.1, 0.15) is 106 Å². The second-order valence-corrected chi connectivity index (χ2v) is 31.0. The first-order valence-electron chi connectivity index (χ1n) is 22.3. The smallest absolute Gasteiger partial charge is 0.311 e. The fraction of sp³-hybridized carbons (Fsp3) is 0.620. The Hall–Kier alpha value is -2.64. The van der Waals surface area contributed by atoms with Gasteiger partial charge in [-0.2, -0.15) is 0 Å². The summed E-state index contributed by atoms with van der Waals surface area (Å²) in [6.45, 7) is 24.4. The molecule has 4 aliphatic carbocycles. The molecule has 3 aromatic rings. The topological polar surface area (TPSA) is 72.5 Å². The monoisotopic (exact) mass is 840 g/mol. The lowest BCUT2D eigenvalue weighted by Crippen LogP contribution is -2.73. The first-order valence-corrected chi connectivity index (χ1v) is 27.1. The van der Waals surface area contributed by atoms with Crippen molar-refractivity contribution in [3.63, 3.8) is 0 Å². The van der Waals surface area contributed by atoms with Gasteiger partial charge >= 0.3 is 5.97 Å². The van der Waals surface area contributed by atoms with E-state index >= 15 is 0 Å². The Balaban J connectivity index is 1.40. The molecule has 322 valence electrons. The highest BCUT2D eigenvalue weighted by molar-refractivity contribution is 6.99. The van der Waals surface area contributed by atoms with Crippen LogP contribution in [0.3, 0.4) is 0 Å². The Morgan fingerprint density at radius 2 is 1.15 bits per heavy atom. The Morgan fingerprint density at radius 1 is 0.661 bits per heavy atom. The number of carbonyl (C=O) groups is 1. The number of ether oxygens (including phenoxy) is 4. The van der Waals surface area contributed by atoms with Gasteiger partial charge in [0.15, 0.2) is 14.6 Å². The van der Waals surface area contributed by atoms with E-state index in [9.17, 15) is 4.79 Å². The lowest BCUT2D eigenvalue weighted by molar-refractivity contribution is -0.346. The van der Waals surface area contributed by atoms with Crippen LogP contribution < -0.4 is 10.4 Å². The summed E-state index contributed by atoms with van der Waals surface area (Å²) in [5.41, 5.74) is 0.0854. The molecule has 8 rings (SSSR count). The largest absolute Gasteiger partial charge is 0.462 e. The van der Waals surface area contributed by atoms with E-state index in [0.717, 1.165) is 35.2 Å². The molecule has 4 saturated carbocycles. The van der Waals surface area contributed by atoms with Gasteiger partial charge < -0.3 is 27.8 Å². The molecule has 0 aromatic heterocycles. The molecule has 7 nitrogen and oxygen atoms in total. The summed E-state index contributed by atoms with van der Waals surface area (Å²) in [6, 6.07) is 31.8. The average Bonchev–Trinajstić information content (AvgIpc) is 3.15. The van der Waals surface area contributed by atoms with E-state index in [1.54, 1.807) is 0 Å². The molecule has 5 aliphatic rings. The quantitative estimate of drug-likeness (QED) is 0.125. The predicted molar refractivity (Wildman–Crippen MR) is 241 cm³/mol. The maximum absolute atomic E-state index is 13.7. The number of carbonyl (C=O) groups excluding carboxylic acids is 1. The summed E-state index contributed by atoms with van der Waals surface area (Å²) in [6.07, 6.45) is 3.67. The first kappa shape index (κ1) is 44.4. The molecular weight excluding hydrogens is 769 g/mol. The number of esters is 1. The van der Waals surface area contributed by atoms with E-state index < -0.39 is 52.8 Å². The lowest BCUT2D eigenvalue weighted by atomic mass is 9.54. The molecule has 0 N–H and O–H groups in total. The minimum atomic E-state index is -3.22. The third kappa shape index (κ3) is 9.42. The minimum Gasteiger partial charge on any atom is -0.462 e. The summed E-state index contributed by atoms with van der Waals surface area (Å²) in [7, 11) is -5.77. The van der Waals surface area contributed by atoms with Crippen LogP contribution in [0.4, 0.5) is 0 Å². The van der Waals surface area contributed by atoms with Crippen LogP contribution in [-0.4, -0.2) is 65.5 Å². The van der Waals surface area contributed by atoms with Gasteiger partial charge in [0.2, 0.25) is 0 Å². The minimum absolute atomic E-state index is 0.00245. The highest BCUT2D eigenvalue weighted by Gasteiger charge is 2.61. The molecule has 1 heterocycles. The predicted octanol–water partition coefficient (Wildman–Crippen LogP) is 10.2. The van der Waals surface area contributed by atoms with Crippen LogP contribution in [0.25, 0.3) is 0 Å². The summed E-state index contributed by atoms with van der Waals surface area (Å²) >= 11 is 0. The number of hydrogen-bond donors (Lipinski definition) is 0.